The van der Waals surface area contributed by atoms with Crippen molar-refractivity contribution in [3.63, 3.8) is 0 Å². The van der Waals surface area contributed by atoms with Gasteiger partial charge < -0.3 is 5.73 Å². The van der Waals surface area contributed by atoms with Gasteiger partial charge in [-0.2, -0.15) is 0 Å². The van der Waals surface area contributed by atoms with E-state index in [2.05, 4.69) is 9.98 Å². The summed E-state index contributed by atoms with van der Waals surface area (Å²) in [5.41, 5.74) is 6.43. The Morgan fingerprint density at radius 3 is 2.92 bits per heavy atom. The molecule has 1 aromatic rings. The normalized spacial score (nSPS) is 11.7. The topological polar surface area (TPSA) is 51.3 Å². The molecular formula is C8H10ClN3. The van der Waals surface area contributed by atoms with Gasteiger partial charge in [0.15, 0.2) is 0 Å². The van der Waals surface area contributed by atoms with Crippen molar-refractivity contribution in [1.82, 2.24) is 4.98 Å². The summed E-state index contributed by atoms with van der Waals surface area (Å²) in [5.74, 6) is 0.502. The Bertz CT molecular complexity index is 279. The number of pyridine rings is 1. The molecule has 0 aromatic carbocycles. The minimum Gasteiger partial charge on any atom is -0.383 e. The third-order valence-corrected chi connectivity index (χ3v) is 1.58. The summed E-state index contributed by atoms with van der Waals surface area (Å²) in [6, 6.07) is 3.48. The van der Waals surface area contributed by atoms with Crippen LogP contribution in [0.4, 0.5) is 0 Å². The van der Waals surface area contributed by atoms with Crippen LogP contribution in [0.3, 0.4) is 0 Å². The zero-order valence-corrected chi connectivity index (χ0v) is 7.54. The van der Waals surface area contributed by atoms with Crippen molar-refractivity contribution in [1.29, 1.82) is 0 Å². The molecule has 4 heteroatoms. The van der Waals surface area contributed by atoms with E-state index < -0.39 is 0 Å². The standard InChI is InChI=1S/C8H10ClN3/c1-2-11-8(10)6-3-4-7(9)12-5-6/h3-5H,2H2,1H3,(H2,10,11). The molecule has 0 radical (unpaired) electrons. The number of amidine groups is 1. The molecule has 0 spiro atoms. The van der Waals surface area contributed by atoms with Gasteiger partial charge in [-0.1, -0.05) is 11.6 Å². The molecule has 2 N–H and O–H groups in total. The summed E-state index contributed by atoms with van der Waals surface area (Å²) in [5, 5.41) is 0.461. The maximum absolute atomic E-state index is 5.62. The van der Waals surface area contributed by atoms with E-state index in [9.17, 15) is 0 Å². The van der Waals surface area contributed by atoms with Crippen LogP contribution in [-0.4, -0.2) is 17.4 Å². The number of aliphatic imine (C=N–C) groups is 1. The molecule has 0 aliphatic carbocycles. The van der Waals surface area contributed by atoms with Crippen molar-refractivity contribution in [3.05, 3.63) is 29.0 Å². The minimum atomic E-state index is 0.461. The number of nitrogens with zero attached hydrogens (tertiary/aromatic N) is 2. The largest absolute Gasteiger partial charge is 0.383 e. The molecule has 1 heterocycles. The van der Waals surface area contributed by atoms with Gasteiger partial charge in [0.25, 0.3) is 0 Å². The Morgan fingerprint density at radius 2 is 2.42 bits per heavy atom. The monoisotopic (exact) mass is 183 g/mol. The average Bonchev–Trinajstić information content (AvgIpc) is 2.06. The molecule has 3 nitrogen and oxygen atoms in total. The summed E-state index contributed by atoms with van der Waals surface area (Å²) >= 11 is 5.60. The van der Waals surface area contributed by atoms with Gasteiger partial charge in [0.2, 0.25) is 0 Å². The second-order valence-corrected chi connectivity index (χ2v) is 2.62. The maximum Gasteiger partial charge on any atom is 0.129 e. The van der Waals surface area contributed by atoms with E-state index in [0.717, 1.165) is 5.56 Å². The van der Waals surface area contributed by atoms with E-state index in [4.69, 9.17) is 17.3 Å². The molecule has 1 aromatic heterocycles. The first-order valence-electron chi connectivity index (χ1n) is 3.66. The summed E-state index contributed by atoms with van der Waals surface area (Å²) in [7, 11) is 0. The van der Waals surface area contributed by atoms with Gasteiger partial charge in [0, 0.05) is 18.3 Å². The Labute approximate surface area is 76.3 Å². The molecule has 12 heavy (non-hydrogen) atoms. The maximum atomic E-state index is 5.62. The predicted octanol–water partition coefficient (Wildman–Crippen LogP) is 1.46. The molecule has 0 aliphatic heterocycles. The van der Waals surface area contributed by atoms with E-state index in [1.165, 1.54) is 0 Å². The van der Waals surface area contributed by atoms with E-state index in [0.29, 0.717) is 17.5 Å². The molecule has 0 atom stereocenters. The van der Waals surface area contributed by atoms with Crippen LogP contribution >= 0.6 is 11.6 Å². The number of hydrogen-bond donors (Lipinski definition) is 1. The van der Waals surface area contributed by atoms with Crippen molar-refractivity contribution in [2.24, 2.45) is 10.7 Å². The second-order valence-electron chi connectivity index (χ2n) is 2.23. The summed E-state index contributed by atoms with van der Waals surface area (Å²) < 4.78 is 0. The molecule has 0 unspecified atom stereocenters. The van der Waals surface area contributed by atoms with Crippen LogP contribution in [-0.2, 0) is 0 Å². The molecule has 0 amide bonds. The fraction of sp³-hybridized carbons (Fsp3) is 0.250. The third-order valence-electron chi connectivity index (χ3n) is 1.35. The van der Waals surface area contributed by atoms with Crippen LogP contribution < -0.4 is 5.73 Å². The van der Waals surface area contributed by atoms with Crippen LogP contribution in [0, 0.1) is 0 Å². The number of aromatic nitrogens is 1. The summed E-state index contributed by atoms with van der Waals surface area (Å²) in [6.07, 6.45) is 1.61. The highest BCUT2D eigenvalue weighted by Crippen LogP contribution is 2.04. The zero-order chi connectivity index (χ0) is 8.97. The third kappa shape index (κ3) is 2.20. The van der Waals surface area contributed by atoms with Crippen molar-refractivity contribution in [2.75, 3.05) is 6.54 Å². The minimum absolute atomic E-state index is 0.461. The van der Waals surface area contributed by atoms with E-state index in [1.54, 1.807) is 18.3 Å². The SMILES string of the molecule is CC/N=C(\N)c1ccc(Cl)nc1. The average molecular weight is 184 g/mol. The molecule has 0 saturated carbocycles. The lowest BCUT2D eigenvalue weighted by Gasteiger charge is -1.98. The van der Waals surface area contributed by atoms with Gasteiger partial charge in [-0.3, -0.25) is 4.99 Å². The van der Waals surface area contributed by atoms with Crippen molar-refractivity contribution < 1.29 is 0 Å². The second kappa shape index (κ2) is 4.07. The Hall–Kier alpha value is -1.09. The highest BCUT2D eigenvalue weighted by Gasteiger charge is 1.96. The quantitative estimate of drug-likeness (QED) is 0.429. The molecule has 0 fully saturated rings. The fourth-order valence-corrected chi connectivity index (χ4v) is 0.901. The highest BCUT2D eigenvalue weighted by molar-refractivity contribution is 6.29. The highest BCUT2D eigenvalue weighted by atomic mass is 35.5. The smallest absolute Gasteiger partial charge is 0.129 e. The van der Waals surface area contributed by atoms with Gasteiger partial charge in [0.1, 0.15) is 11.0 Å². The predicted molar refractivity (Wildman–Crippen MR) is 50.5 cm³/mol. The molecular weight excluding hydrogens is 174 g/mol. The van der Waals surface area contributed by atoms with E-state index in [1.807, 2.05) is 6.92 Å². The Kier molecular flexibility index (Phi) is 3.05. The summed E-state index contributed by atoms with van der Waals surface area (Å²) in [6.45, 7) is 2.60. The van der Waals surface area contributed by atoms with Crippen LogP contribution in [0.5, 0.6) is 0 Å². The number of rotatable bonds is 2. The molecule has 0 aliphatic rings. The molecule has 64 valence electrons. The van der Waals surface area contributed by atoms with Gasteiger partial charge in [-0.05, 0) is 19.1 Å². The van der Waals surface area contributed by atoms with Gasteiger partial charge >= 0.3 is 0 Å². The van der Waals surface area contributed by atoms with Crippen LogP contribution in [0.2, 0.25) is 5.15 Å². The van der Waals surface area contributed by atoms with Crippen LogP contribution in [0.15, 0.2) is 23.3 Å². The fourth-order valence-electron chi connectivity index (χ4n) is 0.789. The van der Waals surface area contributed by atoms with Crippen molar-refractivity contribution in [3.8, 4) is 0 Å². The lowest BCUT2D eigenvalue weighted by molar-refractivity contribution is 1.12. The number of halogens is 1. The lowest BCUT2D eigenvalue weighted by atomic mass is 10.3. The van der Waals surface area contributed by atoms with E-state index in [-0.39, 0.29) is 0 Å². The van der Waals surface area contributed by atoms with Crippen LogP contribution in [0.1, 0.15) is 12.5 Å². The first kappa shape index (κ1) is 9.00. The zero-order valence-electron chi connectivity index (χ0n) is 6.79. The Balaban J connectivity index is 2.89. The van der Waals surface area contributed by atoms with E-state index >= 15 is 0 Å². The van der Waals surface area contributed by atoms with Gasteiger partial charge in [-0.25, -0.2) is 4.98 Å². The van der Waals surface area contributed by atoms with Crippen molar-refractivity contribution >= 4 is 17.4 Å². The van der Waals surface area contributed by atoms with Gasteiger partial charge in [0.05, 0.1) is 0 Å². The first-order valence-corrected chi connectivity index (χ1v) is 4.03. The molecule has 0 bridgehead atoms. The Morgan fingerprint density at radius 1 is 1.67 bits per heavy atom. The van der Waals surface area contributed by atoms with Gasteiger partial charge in [-0.15, -0.1) is 0 Å². The van der Waals surface area contributed by atoms with Crippen LogP contribution in [0.25, 0.3) is 0 Å². The summed E-state index contributed by atoms with van der Waals surface area (Å²) in [4.78, 5) is 7.92. The number of nitrogens with two attached hydrogens (primary N) is 1. The molecule has 0 saturated heterocycles. The first-order chi connectivity index (χ1) is 5.74. The van der Waals surface area contributed by atoms with Crippen molar-refractivity contribution in [2.45, 2.75) is 6.92 Å². The lowest BCUT2D eigenvalue weighted by Crippen LogP contribution is -2.13. The molecule has 1 rings (SSSR count). The number of hydrogen-bond acceptors (Lipinski definition) is 2.